The van der Waals surface area contributed by atoms with Crippen molar-refractivity contribution in [2.24, 2.45) is 0 Å². The Bertz CT molecular complexity index is 1140. The summed E-state index contributed by atoms with van der Waals surface area (Å²) < 4.78 is 6.06. The first-order valence-electron chi connectivity index (χ1n) is 12.4. The molecule has 0 amide bonds. The number of ketones is 1. The number of hydrogen-bond donors (Lipinski definition) is 1. The van der Waals surface area contributed by atoms with E-state index in [0.29, 0.717) is 23.4 Å². The summed E-state index contributed by atoms with van der Waals surface area (Å²) in [5.41, 5.74) is 4.26. The number of fused-ring (bicyclic) bond motifs is 1. The lowest BCUT2D eigenvalue weighted by Crippen LogP contribution is -3.10. The summed E-state index contributed by atoms with van der Waals surface area (Å²) in [5.74, 6) is 0.519. The summed E-state index contributed by atoms with van der Waals surface area (Å²) in [6, 6.07) is 21.3. The highest BCUT2D eigenvalue weighted by atomic mass is 16.5. The molecule has 1 aliphatic rings. The van der Waals surface area contributed by atoms with Gasteiger partial charge in [-0.1, -0.05) is 93.1 Å². The van der Waals surface area contributed by atoms with Gasteiger partial charge in [-0.25, -0.2) is 0 Å². The predicted molar refractivity (Wildman–Crippen MR) is 135 cm³/mol. The molecule has 0 spiro atoms. The monoisotopic (exact) mass is 455 g/mol. The number of allylic oxidation sites excluding steroid dienone is 1. The largest absolute Gasteiger partial charge is 0.872 e. The molecule has 4 rings (SSSR count). The quantitative estimate of drug-likeness (QED) is 0.436. The zero-order valence-electron chi connectivity index (χ0n) is 20.1. The highest BCUT2D eigenvalue weighted by Crippen LogP contribution is 2.38. The SMILES string of the molecule is CCCC[NH+](CCCC)Cc1c([O-])ccc2c1OC(=Cc1ccc(-c3ccccc3)cc1)C2=O. The van der Waals surface area contributed by atoms with E-state index in [0.717, 1.165) is 55.5 Å². The van der Waals surface area contributed by atoms with E-state index in [1.165, 1.54) is 11.0 Å². The van der Waals surface area contributed by atoms with Crippen LogP contribution in [-0.4, -0.2) is 18.9 Å². The first-order valence-corrected chi connectivity index (χ1v) is 12.4. The molecule has 3 aromatic rings. The van der Waals surface area contributed by atoms with Gasteiger partial charge in [-0.2, -0.15) is 0 Å². The van der Waals surface area contributed by atoms with Crippen LogP contribution in [0.25, 0.3) is 17.2 Å². The van der Waals surface area contributed by atoms with Gasteiger partial charge in [0.1, 0.15) is 12.3 Å². The van der Waals surface area contributed by atoms with Crippen molar-refractivity contribution in [1.82, 2.24) is 0 Å². The zero-order valence-corrected chi connectivity index (χ0v) is 20.1. The van der Waals surface area contributed by atoms with Gasteiger partial charge in [-0.3, -0.25) is 4.79 Å². The molecule has 0 saturated carbocycles. The van der Waals surface area contributed by atoms with Crippen molar-refractivity contribution in [2.75, 3.05) is 13.1 Å². The Morgan fingerprint density at radius 1 is 0.853 bits per heavy atom. The second kappa shape index (κ2) is 11.2. The fourth-order valence-electron chi connectivity index (χ4n) is 4.42. The predicted octanol–water partition coefficient (Wildman–Crippen LogP) is 5.03. The average Bonchev–Trinajstić information content (AvgIpc) is 3.18. The van der Waals surface area contributed by atoms with Crippen LogP contribution in [0.2, 0.25) is 0 Å². The zero-order chi connectivity index (χ0) is 23.9. The third-order valence-corrected chi connectivity index (χ3v) is 6.41. The van der Waals surface area contributed by atoms with Crippen LogP contribution in [-0.2, 0) is 6.54 Å². The molecule has 0 aliphatic carbocycles. The molecule has 0 bridgehead atoms. The second-order valence-corrected chi connectivity index (χ2v) is 8.98. The first kappa shape index (κ1) is 23.8. The molecule has 0 fully saturated rings. The number of Topliss-reactive ketones (excluding diaryl/α,β-unsaturated/α-hetero) is 1. The minimum atomic E-state index is -0.160. The Hall–Kier alpha value is -3.37. The molecule has 3 aromatic carbocycles. The Morgan fingerprint density at radius 2 is 1.50 bits per heavy atom. The normalized spacial score (nSPS) is 14.0. The Morgan fingerprint density at radius 3 is 2.15 bits per heavy atom. The van der Waals surface area contributed by atoms with Crippen molar-refractivity contribution in [1.29, 1.82) is 0 Å². The van der Waals surface area contributed by atoms with Gasteiger partial charge < -0.3 is 14.7 Å². The van der Waals surface area contributed by atoms with Crippen molar-refractivity contribution in [3.05, 3.63) is 89.2 Å². The van der Waals surface area contributed by atoms with Crippen molar-refractivity contribution < 1.29 is 19.5 Å². The Labute approximate surface area is 202 Å². The smallest absolute Gasteiger partial charge is 0.231 e. The van der Waals surface area contributed by atoms with Crippen LogP contribution < -0.4 is 14.7 Å². The minimum Gasteiger partial charge on any atom is -0.872 e. The van der Waals surface area contributed by atoms with Crippen molar-refractivity contribution >= 4 is 11.9 Å². The van der Waals surface area contributed by atoms with E-state index in [1.54, 1.807) is 12.1 Å². The van der Waals surface area contributed by atoms with Gasteiger partial charge in [0, 0.05) is 5.56 Å². The molecule has 176 valence electrons. The first-order chi connectivity index (χ1) is 16.6. The van der Waals surface area contributed by atoms with E-state index in [4.69, 9.17) is 4.74 Å². The minimum absolute atomic E-state index is 0.0505. The van der Waals surface area contributed by atoms with Crippen LogP contribution in [0, 0.1) is 0 Å². The molecule has 1 aliphatic heterocycles. The van der Waals surface area contributed by atoms with E-state index < -0.39 is 0 Å². The lowest BCUT2D eigenvalue weighted by atomic mass is 10.0. The maximum absolute atomic E-state index is 13.1. The molecule has 4 heteroatoms. The van der Waals surface area contributed by atoms with E-state index in [9.17, 15) is 9.90 Å². The summed E-state index contributed by atoms with van der Waals surface area (Å²) in [4.78, 5) is 14.5. The van der Waals surface area contributed by atoms with Crippen molar-refractivity contribution in [3.63, 3.8) is 0 Å². The average molecular weight is 456 g/mol. The Balaban J connectivity index is 1.57. The van der Waals surface area contributed by atoms with Crippen LogP contribution in [0.3, 0.4) is 0 Å². The topological polar surface area (TPSA) is 53.8 Å². The van der Waals surface area contributed by atoms with Gasteiger partial charge in [0.15, 0.2) is 5.76 Å². The second-order valence-electron chi connectivity index (χ2n) is 8.98. The highest BCUT2D eigenvalue weighted by molar-refractivity contribution is 6.15. The van der Waals surface area contributed by atoms with Crippen LogP contribution in [0.15, 0.2) is 72.5 Å². The standard InChI is InChI=1S/C30H33NO3/c1-3-5-18-31(19-6-4-2)21-26-27(32)17-16-25-29(33)28(34-30(25)26)20-22-12-14-24(15-13-22)23-10-8-7-9-11-23/h7-17,20,32H,3-6,18-19,21H2,1-2H3. The summed E-state index contributed by atoms with van der Waals surface area (Å²) >= 11 is 0. The number of carbonyl (C=O) groups excluding carboxylic acids is 1. The van der Waals surface area contributed by atoms with E-state index in [2.05, 4.69) is 26.0 Å². The lowest BCUT2D eigenvalue weighted by molar-refractivity contribution is -0.914. The van der Waals surface area contributed by atoms with E-state index in [1.807, 2.05) is 42.5 Å². The van der Waals surface area contributed by atoms with Crippen LogP contribution >= 0.6 is 0 Å². The number of unbranched alkanes of at least 4 members (excludes halogenated alkanes) is 2. The number of benzene rings is 3. The van der Waals surface area contributed by atoms with Crippen LogP contribution in [0.5, 0.6) is 11.5 Å². The molecule has 1 N–H and O–H groups in total. The van der Waals surface area contributed by atoms with Gasteiger partial charge in [0.2, 0.25) is 5.78 Å². The van der Waals surface area contributed by atoms with E-state index >= 15 is 0 Å². The van der Waals surface area contributed by atoms with Gasteiger partial charge in [-0.15, -0.1) is 0 Å². The summed E-state index contributed by atoms with van der Waals surface area (Å²) in [5, 5.41) is 12.8. The number of ether oxygens (including phenoxy) is 1. The lowest BCUT2D eigenvalue weighted by Gasteiger charge is -2.23. The van der Waals surface area contributed by atoms with Crippen molar-refractivity contribution in [2.45, 2.75) is 46.1 Å². The highest BCUT2D eigenvalue weighted by Gasteiger charge is 2.31. The third-order valence-electron chi connectivity index (χ3n) is 6.41. The number of hydrogen-bond acceptors (Lipinski definition) is 3. The van der Waals surface area contributed by atoms with Gasteiger partial charge in [0.25, 0.3) is 0 Å². The number of nitrogens with one attached hydrogen (secondary N) is 1. The van der Waals surface area contributed by atoms with E-state index in [-0.39, 0.29) is 17.3 Å². The van der Waals surface area contributed by atoms with Crippen LogP contribution in [0.1, 0.15) is 61.0 Å². The van der Waals surface area contributed by atoms with Gasteiger partial charge in [0.05, 0.1) is 18.7 Å². The number of quaternary nitrogens is 1. The molecule has 34 heavy (non-hydrogen) atoms. The fourth-order valence-corrected chi connectivity index (χ4v) is 4.42. The summed E-state index contributed by atoms with van der Waals surface area (Å²) in [7, 11) is 0. The molecule has 0 aromatic heterocycles. The maximum Gasteiger partial charge on any atom is 0.231 e. The third kappa shape index (κ3) is 5.40. The maximum atomic E-state index is 13.1. The Kier molecular flexibility index (Phi) is 7.81. The number of rotatable bonds is 10. The number of carbonyl (C=O) groups is 1. The summed E-state index contributed by atoms with van der Waals surface area (Å²) in [6.07, 6.45) is 6.25. The van der Waals surface area contributed by atoms with Gasteiger partial charge in [-0.05, 0) is 41.7 Å². The van der Waals surface area contributed by atoms with Crippen molar-refractivity contribution in [3.8, 4) is 22.6 Å². The van der Waals surface area contributed by atoms with Crippen LogP contribution in [0.4, 0.5) is 0 Å². The molecular weight excluding hydrogens is 422 g/mol. The molecule has 0 unspecified atom stereocenters. The molecule has 0 atom stereocenters. The van der Waals surface area contributed by atoms with Gasteiger partial charge >= 0.3 is 0 Å². The molecule has 1 heterocycles. The summed E-state index contributed by atoms with van der Waals surface area (Å²) in [6.45, 7) is 6.99. The molecule has 4 nitrogen and oxygen atoms in total. The fraction of sp³-hybridized carbons (Fsp3) is 0.300. The molecule has 0 saturated heterocycles. The molecular formula is C30H33NO3. The molecule has 0 radical (unpaired) electrons.